The van der Waals surface area contributed by atoms with Gasteiger partial charge < -0.3 is 19.6 Å². The van der Waals surface area contributed by atoms with Gasteiger partial charge in [0, 0.05) is 81.9 Å². The van der Waals surface area contributed by atoms with Gasteiger partial charge in [-0.15, -0.1) is 0 Å². The van der Waals surface area contributed by atoms with Crippen molar-refractivity contribution in [2.75, 3.05) is 63.8 Å². The maximum atomic E-state index is 13.0. The zero-order chi connectivity index (χ0) is 24.9. The van der Waals surface area contributed by atoms with Crippen molar-refractivity contribution < 1.29 is 9.59 Å². The summed E-state index contributed by atoms with van der Waals surface area (Å²) < 4.78 is 0. The van der Waals surface area contributed by atoms with E-state index in [0.717, 1.165) is 60.5 Å². The number of hydrogen-bond donors (Lipinski definition) is 0. The Bertz CT molecular complexity index is 1060. The molecule has 4 rings (SSSR count). The Morgan fingerprint density at radius 2 is 1.63 bits per heavy atom. The minimum absolute atomic E-state index is 0.0241. The van der Waals surface area contributed by atoms with Crippen LogP contribution in [0.15, 0.2) is 29.4 Å². The molecule has 0 unspecified atom stereocenters. The van der Waals surface area contributed by atoms with E-state index < -0.39 is 0 Å². The highest BCUT2D eigenvalue weighted by Gasteiger charge is 2.24. The van der Waals surface area contributed by atoms with Crippen LogP contribution in [0.3, 0.4) is 0 Å². The Kier molecular flexibility index (Phi) is 8.28. The third-order valence-corrected chi connectivity index (χ3v) is 7.93. The summed E-state index contributed by atoms with van der Waals surface area (Å²) in [7, 11) is 0. The quantitative estimate of drug-likeness (QED) is 0.450. The third-order valence-electron chi connectivity index (χ3n) is 7.02. The number of hydrogen-bond acceptors (Lipinski definition) is 7. The number of carbonyl (C=O) groups is 2. The molecule has 9 heteroatoms. The van der Waals surface area contributed by atoms with Crippen LogP contribution >= 0.6 is 11.8 Å². The lowest BCUT2D eigenvalue weighted by Crippen LogP contribution is -2.50. The number of rotatable bonds is 6. The first-order chi connectivity index (χ1) is 16.9. The van der Waals surface area contributed by atoms with Gasteiger partial charge in [-0.25, -0.2) is 9.97 Å². The maximum absolute atomic E-state index is 13.0. The van der Waals surface area contributed by atoms with Crippen molar-refractivity contribution in [1.82, 2.24) is 24.7 Å². The lowest BCUT2D eigenvalue weighted by molar-refractivity contribution is -0.130. The maximum Gasteiger partial charge on any atom is 0.253 e. The fourth-order valence-electron chi connectivity index (χ4n) is 4.59. The molecule has 188 valence electrons. The molecule has 8 nitrogen and oxygen atoms in total. The summed E-state index contributed by atoms with van der Waals surface area (Å²) in [6.07, 6.45) is 0. The largest absolute Gasteiger partial charge is 0.354 e. The van der Waals surface area contributed by atoms with Gasteiger partial charge in [0.15, 0.2) is 5.16 Å². The molecule has 0 saturated carbocycles. The number of piperazine rings is 2. The minimum atomic E-state index is 0.0241. The van der Waals surface area contributed by atoms with E-state index in [-0.39, 0.29) is 11.8 Å². The molecule has 3 heterocycles. The van der Waals surface area contributed by atoms with E-state index in [1.165, 1.54) is 0 Å². The normalized spacial score (nSPS) is 17.1. The molecule has 0 radical (unpaired) electrons. The molecule has 0 aliphatic carbocycles. The Hall–Kier alpha value is -2.65. The van der Waals surface area contributed by atoms with E-state index in [1.54, 1.807) is 23.6 Å². The monoisotopic (exact) mass is 496 g/mol. The predicted octanol–water partition coefficient (Wildman–Crippen LogP) is 2.83. The Balaban J connectivity index is 1.40. The van der Waals surface area contributed by atoms with Crippen molar-refractivity contribution in [3.05, 3.63) is 46.6 Å². The Labute approximate surface area is 212 Å². The number of nitrogens with zero attached hydrogens (tertiary/aromatic N) is 6. The van der Waals surface area contributed by atoms with Gasteiger partial charge in [0.05, 0.1) is 0 Å². The van der Waals surface area contributed by atoms with E-state index in [1.807, 2.05) is 29.2 Å². The summed E-state index contributed by atoms with van der Waals surface area (Å²) in [4.78, 5) is 42.7. The lowest BCUT2D eigenvalue weighted by atomic mass is 10.1. The molecule has 2 aromatic rings. The zero-order valence-electron chi connectivity index (χ0n) is 21.3. The van der Waals surface area contributed by atoms with E-state index >= 15 is 0 Å². The number of carbonyl (C=O) groups excluding carboxylic acids is 2. The number of amides is 2. The second kappa shape index (κ2) is 11.4. The molecule has 0 atom stereocenters. The van der Waals surface area contributed by atoms with Crippen LogP contribution in [0.25, 0.3) is 0 Å². The molecule has 1 aromatic carbocycles. The fourth-order valence-corrected chi connectivity index (χ4v) is 5.41. The van der Waals surface area contributed by atoms with Gasteiger partial charge in [0.2, 0.25) is 5.91 Å². The number of aryl methyl sites for hydroxylation is 1. The number of thioether (sulfide) groups is 1. The molecule has 0 bridgehead atoms. The first-order valence-corrected chi connectivity index (χ1v) is 13.4. The van der Waals surface area contributed by atoms with Gasteiger partial charge >= 0.3 is 0 Å². The smallest absolute Gasteiger partial charge is 0.253 e. The minimum Gasteiger partial charge on any atom is -0.354 e. The van der Waals surface area contributed by atoms with E-state index in [2.05, 4.69) is 30.6 Å². The number of aromatic nitrogens is 2. The summed E-state index contributed by atoms with van der Waals surface area (Å²) >= 11 is 1.61. The second-order valence-corrected chi connectivity index (χ2v) is 10.2. The van der Waals surface area contributed by atoms with Crippen LogP contribution in [-0.4, -0.2) is 95.4 Å². The molecular weight excluding hydrogens is 460 g/mol. The second-order valence-electron chi connectivity index (χ2n) is 9.25. The van der Waals surface area contributed by atoms with Crippen molar-refractivity contribution in [3.8, 4) is 0 Å². The standard InChI is InChI=1S/C26H36N6O2S/c1-5-29-9-11-31(12-10-29)24-19(2)20(3)27-26(28-24)35-18-22-7-6-8-23(17-22)25(34)32-15-13-30(14-16-32)21(4)33/h6-8,17H,5,9-16,18H2,1-4H3. The molecule has 2 aliphatic heterocycles. The van der Waals surface area contributed by atoms with Crippen LogP contribution in [-0.2, 0) is 10.5 Å². The molecule has 2 amide bonds. The van der Waals surface area contributed by atoms with Crippen LogP contribution in [0.5, 0.6) is 0 Å². The van der Waals surface area contributed by atoms with Crippen LogP contribution in [0.2, 0.25) is 0 Å². The van der Waals surface area contributed by atoms with Crippen molar-refractivity contribution >= 4 is 29.4 Å². The van der Waals surface area contributed by atoms with Crippen LogP contribution < -0.4 is 4.90 Å². The van der Waals surface area contributed by atoms with Crippen molar-refractivity contribution in [2.45, 2.75) is 38.6 Å². The summed E-state index contributed by atoms with van der Waals surface area (Å²) in [5, 5.41) is 0.776. The molecule has 0 spiro atoms. The predicted molar refractivity (Wildman–Crippen MR) is 140 cm³/mol. The topological polar surface area (TPSA) is 72.9 Å². The molecular formula is C26H36N6O2S. The molecule has 35 heavy (non-hydrogen) atoms. The van der Waals surface area contributed by atoms with Gasteiger partial charge in [-0.05, 0) is 38.1 Å². The van der Waals surface area contributed by atoms with E-state index in [0.29, 0.717) is 37.5 Å². The SMILES string of the molecule is CCN1CCN(c2nc(SCc3cccc(C(=O)N4CCN(C(C)=O)CC4)c3)nc(C)c2C)CC1. The molecule has 2 saturated heterocycles. The van der Waals surface area contributed by atoms with Crippen LogP contribution in [0.1, 0.15) is 41.0 Å². The average molecular weight is 497 g/mol. The highest BCUT2D eigenvalue weighted by Crippen LogP contribution is 2.27. The highest BCUT2D eigenvalue weighted by atomic mass is 32.2. The van der Waals surface area contributed by atoms with E-state index in [9.17, 15) is 9.59 Å². The fraction of sp³-hybridized carbons (Fsp3) is 0.538. The summed E-state index contributed by atoms with van der Waals surface area (Å²) in [6, 6.07) is 7.82. The summed E-state index contributed by atoms with van der Waals surface area (Å²) in [5.74, 6) is 1.83. The molecule has 2 fully saturated rings. The summed E-state index contributed by atoms with van der Waals surface area (Å²) in [6.45, 7) is 15.5. The first-order valence-electron chi connectivity index (χ1n) is 12.4. The first kappa shape index (κ1) is 25.4. The van der Waals surface area contributed by atoms with Gasteiger partial charge in [0.1, 0.15) is 5.82 Å². The lowest BCUT2D eigenvalue weighted by Gasteiger charge is -2.35. The third kappa shape index (κ3) is 6.13. The van der Waals surface area contributed by atoms with Crippen LogP contribution in [0, 0.1) is 13.8 Å². The van der Waals surface area contributed by atoms with Gasteiger partial charge in [-0.1, -0.05) is 30.8 Å². The van der Waals surface area contributed by atoms with Gasteiger partial charge in [0.25, 0.3) is 5.91 Å². The number of anilines is 1. The number of likely N-dealkylation sites (N-methyl/N-ethyl adjacent to an activating group) is 1. The summed E-state index contributed by atoms with van der Waals surface area (Å²) in [5.41, 5.74) is 3.93. The van der Waals surface area contributed by atoms with Crippen LogP contribution in [0.4, 0.5) is 5.82 Å². The average Bonchev–Trinajstić information content (AvgIpc) is 2.89. The van der Waals surface area contributed by atoms with Gasteiger partial charge in [-0.2, -0.15) is 0 Å². The van der Waals surface area contributed by atoms with Crippen molar-refractivity contribution in [3.63, 3.8) is 0 Å². The molecule has 0 N–H and O–H groups in total. The van der Waals surface area contributed by atoms with Crippen molar-refractivity contribution in [2.24, 2.45) is 0 Å². The Morgan fingerprint density at radius 1 is 0.943 bits per heavy atom. The Morgan fingerprint density at radius 3 is 2.29 bits per heavy atom. The molecule has 2 aliphatic rings. The van der Waals surface area contributed by atoms with Gasteiger partial charge in [-0.3, -0.25) is 9.59 Å². The van der Waals surface area contributed by atoms with Crippen molar-refractivity contribution in [1.29, 1.82) is 0 Å². The highest BCUT2D eigenvalue weighted by molar-refractivity contribution is 7.98. The van der Waals surface area contributed by atoms with E-state index in [4.69, 9.17) is 9.97 Å². The molecule has 1 aromatic heterocycles. The number of benzene rings is 1. The zero-order valence-corrected chi connectivity index (χ0v) is 22.1.